The first-order valence-corrected chi connectivity index (χ1v) is 6.79. The molecule has 2 rings (SSSR count). The Morgan fingerprint density at radius 3 is 2.80 bits per heavy atom. The zero-order valence-electron chi connectivity index (χ0n) is 10.6. The molecule has 0 bridgehead atoms. The molecule has 1 saturated heterocycles. The van der Waals surface area contributed by atoms with Gasteiger partial charge in [-0.25, -0.2) is 0 Å². The van der Waals surface area contributed by atoms with Gasteiger partial charge in [0.05, 0.1) is 10.6 Å². The van der Waals surface area contributed by atoms with Crippen molar-refractivity contribution in [2.24, 2.45) is 7.05 Å². The van der Waals surface area contributed by atoms with Crippen LogP contribution < -0.4 is 5.32 Å². The van der Waals surface area contributed by atoms with E-state index in [0.717, 1.165) is 17.5 Å². The largest absolute Gasteiger partial charge is 0.436 e. The third kappa shape index (κ3) is 3.14. The van der Waals surface area contributed by atoms with Crippen molar-refractivity contribution < 1.29 is 22.7 Å². The van der Waals surface area contributed by atoms with Crippen molar-refractivity contribution in [3.05, 3.63) is 15.9 Å². The number of nitrogens with one attached hydrogen (secondary N) is 1. The maximum Gasteiger partial charge on any atom is 0.436 e. The second-order valence-electron chi connectivity index (χ2n) is 4.48. The van der Waals surface area contributed by atoms with E-state index in [9.17, 15) is 18.0 Å². The van der Waals surface area contributed by atoms with Gasteiger partial charge in [-0.1, -0.05) is 0 Å². The van der Waals surface area contributed by atoms with Crippen LogP contribution in [-0.4, -0.2) is 34.9 Å². The van der Waals surface area contributed by atoms with Crippen LogP contribution in [-0.2, 0) is 18.0 Å². The van der Waals surface area contributed by atoms with Crippen LogP contribution in [0.5, 0.6) is 0 Å². The molecule has 0 aromatic carbocycles. The summed E-state index contributed by atoms with van der Waals surface area (Å²) in [5.41, 5.74) is -1.27. The van der Waals surface area contributed by atoms with E-state index in [1.54, 1.807) is 0 Å². The molecule has 112 valence electrons. The molecule has 0 saturated carbocycles. The number of ether oxygens (including phenoxy) is 1. The quantitative estimate of drug-likeness (QED) is 0.903. The molecule has 1 amide bonds. The summed E-state index contributed by atoms with van der Waals surface area (Å²) in [7, 11) is 1.29. The lowest BCUT2D eigenvalue weighted by molar-refractivity contribution is -0.142. The third-order valence-electron chi connectivity index (χ3n) is 2.99. The Kier molecular flexibility index (Phi) is 4.38. The van der Waals surface area contributed by atoms with E-state index in [1.807, 2.05) is 0 Å². The minimum atomic E-state index is -4.61. The highest BCUT2D eigenvalue weighted by Gasteiger charge is 2.39. The van der Waals surface area contributed by atoms with Gasteiger partial charge in [0.2, 0.25) is 0 Å². The average Bonchev–Trinajstić information content (AvgIpc) is 2.94. The number of hydrogen-bond acceptors (Lipinski definition) is 3. The molecular weight excluding hydrogens is 343 g/mol. The Morgan fingerprint density at radius 2 is 2.30 bits per heavy atom. The number of aryl methyl sites for hydroxylation is 1. The van der Waals surface area contributed by atoms with Crippen LogP contribution in [0.25, 0.3) is 0 Å². The lowest BCUT2D eigenvalue weighted by Gasteiger charge is -2.11. The van der Waals surface area contributed by atoms with Crippen molar-refractivity contribution in [1.29, 1.82) is 0 Å². The predicted molar refractivity (Wildman–Crippen MR) is 67.2 cm³/mol. The van der Waals surface area contributed by atoms with Gasteiger partial charge < -0.3 is 10.1 Å². The number of amides is 1. The predicted octanol–water partition coefficient (Wildman–Crippen LogP) is 2.11. The van der Waals surface area contributed by atoms with E-state index in [4.69, 9.17) is 4.74 Å². The van der Waals surface area contributed by atoms with E-state index >= 15 is 0 Å². The van der Waals surface area contributed by atoms with Gasteiger partial charge in [0.25, 0.3) is 5.91 Å². The molecular formula is C11H13BrF3N3O2. The fraction of sp³-hybridized carbons (Fsp3) is 0.636. The number of hydrogen-bond donors (Lipinski definition) is 1. The van der Waals surface area contributed by atoms with Crippen molar-refractivity contribution in [3.63, 3.8) is 0 Å². The van der Waals surface area contributed by atoms with E-state index in [0.29, 0.717) is 6.61 Å². The number of carbonyl (C=O) groups is 1. The van der Waals surface area contributed by atoms with Crippen LogP contribution in [0, 0.1) is 0 Å². The topological polar surface area (TPSA) is 56.2 Å². The summed E-state index contributed by atoms with van der Waals surface area (Å²) in [5, 5.41) is 5.90. The Balaban J connectivity index is 2.11. The Morgan fingerprint density at radius 1 is 1.60 bits per heavy atom. The molecule has 20 heavy (non-hydrogen) atoms. The van der Waals surface area contributed by atoms with Crippen LogP contribution >= 0.6 is 15.9 Å². The normalized spacial score (nSPS) is 19.4. The maximum absolute atomic E-state index is 12.7. The summed E-state index contributed by atoms with van der Waals surface area (Å²) >= 11 is 2.80. The number of halogens is 4. The standard InChI is InChI=1S/C11H13BrF3N3O2/c1-18-8(7(12)9(17-18)11(13,14)15)10(19)16-5-6-3-2-4-20-6/h6H,2-5H2,1H3,(H,16,19)/t6-/m1/s1. The molecule has 0 spiro atoms. The van der Waals surface area contributed by atoms with E-state index in [2.05, 4.69) is 26.3 Å². The summed E-state index contributed by atoms with van der Waals surface area (Å²) in [6, 6.07) is 0. The van der Waals surface area contributed by atoms with Crippen molar-refractivity contribution in [2.75, 3.05) is 13.2 Å². The number of nitrogens with zero attached hydrogens (tertiary/aromatic N) is 2. The molecule has 1 aliphatic rings. The summed E-state index contributed by atoms with van der Waals surface area (Å²) < 4.78 is 43.9. The number of aromatic nitrogens is 2. The molecule has 1 fully saturated rings. The zero-order valence-corrected chi connectivity index (χ0v) is 12.2. The Bertz CT molecular complexity index is 510. The van der Waals surface area contributed by atoms with Gasteiger partial charge in [-0.15, -0.1) is 0 Å². The van der Waals surface area contributed by atoms with Crippen molar-refractivity contribution in [2.45, 2.75) is 25.1 Å². The molecule has 1 aromatic heterocycles. The van der Waals surface area contributed by atoms with Gasteiger partial charge in [-0.05, 0) is 28.8 Å². The van der Waals surface area contributed by atoms with Gasteiger partial charge in [-0.3, -0.25) is 9.48 Å². The fourth-order valence-electron chi connectivity index (χ4n) is 2.02. The molecule has 1 aromatic rings. The molecule has 1 N–H and O–H groups in total. The smallest absolute Gasteiger partial charge is 0.376 e. The lowest BCUT2D eigenvalue weighted by atomic mass is 10.2. The average molecular weight is 356 g/mol. The van der Waals surface area contributed by atoms with Crippen molar-refractivity contribution in [3.8, 4) is 0 Å². The molecule has 1 atom stereocenters. The first-order chi connectivity index (χ1) is 9.30. The van der Waals surface area contributed by atoms with Crippen LogP contribution in [0.4, 0.5) is 13.2 Å². The van der Waals surface area contributed by atoms with Crippen LogP contribution in [0.1, 0.15) is 29.0 Å². The van der Waals surface area contributed by atoms with Crippen molar-refractivity contribution in [1.82, 2.24) is 15.1 Å². The van der Waals surface area contributed by atoms with Gasteiger partial charge in [-0.2, -0.15) is 18.3 Å². The highest BCUT2D eigenvalue weighted by molar-refractivity contribution is 9.10. The Hall–Kier alpha value is -1.09. The minimum Gasteiger partial charge on any atom is -0.376 e. The molecule has 1 aliphatic heterocycles. The molecule has 9 heteroatoms. The zero-order chi connectivity index (χ0) is 14.9. The summed E-state index contributed by atoms with van der Waals surface area (Å²) in [6.45, 7) is 0.923. The van der Waals surface area contributed by atoms with E-state index in [1.165, 1.54) is 7.05 Å². The molecule has 0 unspecified atom stereocenters. The number of alkyl halides is 3. The van der Waals surface area contributed by atoms with E-state index in [-0.39, 0.29) is 22.8 Å². The SMILES string of the molecule is Cn1nc(C(F)(F)F)c(Br)c1C(=O)NC[C@H]1CCCO1. The second kappa shape index (κ2) is 5.72. The second-order valence-corrected chi connectivity index (χ2v) is 5.27. The van der Waals surface area contributed by atoms with Crippen LogP contribution in [0.2, 0.25) is 0 Å². The number of rotatable bonds is 3. The maximum atomic E-state index is 12.7. The highest BCUT2D eigenvalue weighted by Crippen LogP contribution is 2.35. The van der Waals surface area contributed by atoms with Crippen LogP contribution in [0.15, 0.2) is 4.47 Å². The lowest BCUT2D eigenvalue weighted by Crippen LogP contribution is -2.33. The highest BCUT2D eigenvalue weighted by atomic mass is 79.9. The first kappa shape index (κ1) is 15.3. The summed E-state index contributed by atoms with van der Waals surface area (Å²) in [5.74, 6) is -0.613. The molecule has 5 nitrogen and oxygen atoms in total. The van der Waals surface area contributed by atoms with Gasteiger partial charge in [0.15, 0.2) is 5.69 Å². The van der Waals surface area contributed by atoms with Gasteiger partial charge in [0, 0.05) is 20.2 Å². The third-order valence-corrected chi connectivity index (χ3v) is 3.74. The van der Waals surface area contributed by atoms with Crippen LogP contribution in [0.3, 0.4) is 0 Å². The Labute approximate surface area is 121 Å². The monoisotopic (exact) mass is 355 g/mol. The van der Waals surface area contributed by atoms with Gasteiger partial charge in [0.1, 0.15) is 5.69 Å². The van der Waals surface area contributed by atoms with Crippen molar-refractivity contribution >= 4 is 21.8 Å². The first-order valence-electron chi connectivity index (χ1n) is 6.00. The fourth-order valence-corrected chi connectivity index (χ4v) is 2.76. The molecule has 2 heterocycles. The molecule has 0 aliphatic carbocycles. The van der Waals surface area contributed by atoms with Gasteiger partial charge >= 0.3 is 6.18 Å². The summed E-state index contributed by atoms with van der Waals surface area (Å²) in [6.07, 6.45) is -2.92. The minimum absolute atomic E-state index is 0.0759. The molecule has 0 radical (unpaired) electrons. The number of carbonyl (C=O) groups excluding carboxylic acids is 1. The van der Waals surface area contributed by atoms with E-state index < -0.39 is 17.8 Å². The summed E-state index contributed by atoms with van der Waals surface area (Å²) in [4.78, 5) is 12.0.